The van der Waals surface area contributed by atoms with Gasteiger partial charge in [-0.2, -0.15) is 0 Å². The van der Waals surface area contributed by atoms with Gasteiger partial charge in [0.25, 0.3) is 0 Å². The van der Waals surface area contributed by atoms with Crippen molar-refractivity contribution in [2.24, 2.45) is 5.73 Å². The second kappa shape index (κ2) is 7.13. The Bertz CT molecular complexity index is 601. The maximum atomic E-state index is 12.3. The first-order valence-electron chi connectivity index (χ1n) is 6.21. The fraction of sp³-hybridized carbons (Fsp3) is 0.200. The lowest BCUT2D eigenvalue weighted by Gasteiger charge is -2.12. The molecule has 20 heavy (non-hydrogen) atoms. The molecule has 0 bridgehead atoms. The van der Waals surface area contributed by atoms with E-state index in [-0.39, 0.29) is 5.75 Å². The molecule has 0 amide bonds. The van der Waals surface area contributed by atoms with Crippen molar-refractivity contribution in [2.75, 3.05) is 5.75 Å². The van der Waals surface area contributed by atoms with E-state index in [9.17, 15) is 9.32 Å². The van der Waals surface area contributed by atoms with Crippen LogP contribution in [0.2, 0.25) is 0 Å². The fourth-order valence-corrected chi connectivity index (χ4v) is 3.84. The van der Waals surface area contributed by atoms with Gasteiger partial charge in [-0.25, -0.2) is 0 Å². The van der Waals surface area contributed by atoms with Gasteiger partial charge in [-0.1, -0.05) is 36.4 Å². The molecule has 0 aliphatic rings. The Kier molecular flexibility index (Phi) is 5.48. The molecular weight excluding hydrogens is 338 g/mol. The van der Waals surface area contributed by atoms with Gasteiger partial charge in [0.15, 0.2) is 0 Å². The number of aliphatic hydroxyl groups excluding tert-OH is 1. The predicted molar refractivity (Wildman–Crippen MR) is 84.7 cm³/mol. The van der Waals surface area contributed by atoms with Crippen LogP contribution in [-0.2, 0) is 17.3 Å². The summed E-state index contributed by atoms with van der Waals surface area (Å²) >= 11 is 3.37. The number of aliphatic hydroxyl groups is 1. The van der Waals surface area contributed by atoms with Gasteiger partial charge in [0.2, 0.25) is 0 Å². The van der Waals surface area contributed by atoms with Crippen molar-refractivity contribution in [3.63, 3.8) is 0 Å². The zero-order chi connectivity index (χ0) is 14.5. The largest absolute Gasteiger partial charge is 0.387 e. The molecule has 2 unspecified atom stereocenters. The second-order valence-corrected chi connectivity index (χ2v) is 6.72. The van der Waals surface area contributed by atoms with E-state index < -0.39 is 16.9 Å². The molecule has 3 nitrogen and oxygen atoms in total. The Hall–Kier alpha value is -1.01. The Morgan fingerprint density at radius 2 is 1.80 bits per heavy atom. The summed E-state index contributed by atoms with van der Waals surface area (Å²) in [6, 6.07) is 14.7. The molecule has 106 valence electrons. The molecule has 0 aliphatic heterocycles. The molecule has 0 fully saturated rings. The summed E-state index contributed by atoms with van der Waals surface area (Å²) < 4.78 is 13.1. The average molecular weight is 354 g/mol. The smallest absolute Gasteiger partial charge is 0.0908 e. The van der Waals surface area contributed by atoms with E-state index >= 15 is 0 Å². The molecule has 0 aliphatic carbocycles. The number of nitrogens with two attached hydrogens (primary N) is 1. The van der Waals surface area contributed by atoms with Crippen molar-refractivity contribution in [3.8, 4) is 0 Å². The summed E-state index contributed by atoms with van der Waals surface area (Å²) in [5.41, 5.74) is 7.29. The third-order valence-electron chi connectivity index (χ3n) is 2.99. The molecule has 5 heteroatoms. The zero-order valence-corrected chi connectivity index (χ0v) is 13.2. The lowest BCUT2D eigenvalue weighted by molar-refractivity contribution is 0.203. The van der Waals surface area contributed by atoms with Gasteiger partial charge >= 0.3 is 0 Å². The molecule has 0 spiro atoms. The third-order valence-corrected chi connectivity index (χ3v) is 5.41. The summed E-state index contributed by atoms with van der Waals surface area (Å²) in [6.07, 6.45) is -0.755. The first-order valence-corrected chi connectivity index (χ1v) is 8.33. The van der Waals surface area contributed by atoms with Crippen LogP contribution in [0.15, 0.2) is 57.9 Å². The number of hydrogen-bond acceptors (Lipinski definition) is 3. The van der Waals surface area contributed by atoms with Gasteiger partial charge in [0, 0.05) is 11.0 Å². The highest BCUT2D eigenvalue weighted by Crippen LogP contribution is 2.23. The predicted octanol–water partition coefficient (Wildman–Crippen LogP) is 2.75. The molecule has 0 saturated heterocycles. The summed E-state index contributed by atoms with van der Waals surface area (Å²) in [7, 11) is -1.25. The molecular formula is C15H16BrNO2S. The molecule has 0 saturated carbocycles. The Morgan fingerprint density at radius 3 is 2.40 bits per heavy atom. The number of halogens is 1. The van der Waals surface area contributed by atoms with Crippen LogP contribution >= 0.6 is 15.9 Å². The molecule has 2 aromatic rings. The van der Waals surface area contributed by atoms with Crippen molar-refractivity contribution in [1.82, 2.24) is 0 Å². The van der Waals surface area contributed by atoms with E-state index in [1.807, 2.05) is 42.5 Å². The van der Waals surface area contributed by atoms with E-state index in [0.717, 1.165) is 15.6 Å². The van der Waals surface area contributed by atoms with E-state index in [4.69, 9.17) is 5.73 Å². The lowest BCUT2D eigenvalue weighted by Crippen LogP contribution is -2.10. The topological polar surface area (TPSA) is 63.3 Å². The minimum atomic E-state index is -1.25. The summed E-state index contributed by atoms with van der Waals surface area (Å²) in [5.74, 6) is 0.171. The highest BCUT2D eigenvalue weighted by atomic mass is 79.9. The third kappa shape index (κ3) is 3.76. The highest BCUT2D eigenvalue weighted by molar-refractivity contribution is 9.10. The van der Waals surface area contributed by atoms with Crippen LogP contribution in [0.4, 0.5) is 0 Å². The lowest BCUT2D eigenvalue weighted by atomic mass is 10.1. The van der Waals surface area contributed by atoms with Gasteiger partial charge in [-0.3, -0.25) is 4.21 Å². The van der Waals surface area contributed by atoms with Gasteiger partial charge in [0.05, 0.1) is 27.6 Å². The summed E-state index contributed by atoms with van der Waals surface area (Å²) in [6.45, 7) is 0.471. The van der Waals surface area contributed by atoms with Crippen LogP contribution in [0.25, 0.3) is 0 Å². The van der Waals surface area contributed by atoms with Crippen LogP contribution in [0.1, 0.15) is 17.2 Å². The van der Waals surface area contributed by atoms with Crippen LogP contribution < -0.4 is 5.73 Å². The molecule has 2 aromatic carbocycles. The van der Waals surface area contributed by atoms with E-state index in [0.29, 0.717) is 11.4 Å². The average Bonchev–Trinajstić information content (AvgIpc) is 2.47. The molecule has 2 atom stereocenters. The van der Waals surface area contributed by atoms with Crippen LogP contribution in [0.3, 0.4) is 0 Å². The van der Waals surface area contributed by atoms with Gasteiger partial charge in [-0.15, -0.1) is 0 Å². The van der Waals surface area contributed by atoms with E-state index in [1.165, 1.54) is 0 Å². The normalized spacial score (nSPS) is 13.9. The highest BCUT2D eigenvalue weighted by Gasteiger charge is 2.15. The Balaban J connectivity index is 2.09. The van der Waals surface area contributed by atoms with Crippen molar-refractivity contribution in [1.29, 1.82) is 0 Å². The Morgan fingerprint density at radius 1 is 1.15 bits per heavy atom. The number of benzene rings is 2. The maximum Gasteiger partial charge on any atom is 0.0908 e. The van der Waals surface area contributed by atoms with Crippen molar-refractivity contribution < 1.29 is 9.32 Å². The second-order valence-electron chi connectivity index (χ2n) is 4.40. The van der Waals surface area contributed by atoms with Gasteiger partial charge in [0.1, 0.15) is 0 Å². The van der Waals surface area contributed by atoms with Crippen molar-refractivity contribution in [2.45, 2.75) is 17.5 Å². The van der Waals surface area contributed by atoms with Gasteiger partial charge < -0.3 is 10.8 Å². The molecule has 3 N–H and O–H groups in total. The van der Waals surface area contributed by atoms with Crippen molar-refractivity contribution in [3.05, 3.63) is 64.1 Å². The Labute approximate surface area is 129 Å². The van der Waals surface area contributed by atoms with E-state index in [2.05, 4.69) is 15.9 Å². The molecule has 0 aromatic heterocycles. The maximum absolute atomic E-state index is 12.3. The van der Waals surface area contributed by atoms with Crippen molar-refractivity contribution >= 4 is 26.7 Å². The summed E-state index contributed by atoms with van der Waals surface area (Å²) in [5, 5.41) is 10.2. The van der Waals surface area contributed by atoms with Crippen LogP contribution in [-0.4, -0.2) is 15.1 Å². The summed E-state index contributed by atoms with van der Waals surface area (Å²) in [4.78, 5) is 0.699. The molecule has 2 rings (SSSR count). The zero-order valence-electron chi connectivity index (χ0n) is 10.8. The van der Waals surface area contributed by atoms with Gasteiger partial charge in [-0.05, 0) is 39.2 Å². The fourth-order valence-electron chi connectivity index (χ4n) is 1.83. The monoisotopic (exact) mass is 353 g/mol. The number of rotatable bonds is 5. The number of hydrogen-bond donors (Lipinski definition) is 2. The first-order chi connectivity index (χ1) is 9.61. The quantitative estimate of drug-likeness (QED) is 0.868. The molecule has 0 heterocycles. The molecule has 0 radical (unpaired) electrons. The minimum Gasteiger partial charge on any atom is -0.387 e. The SMILES string of the molecule is NCc1ccc(C(O)CS(=O)c2ccccc2Br)cc1. The first kappa shape index (κ1) is 15.4. The van der Waals surface area contributed by atoms with Crippen LogP contribution in [0, 0.1) is 0 Å². The standard InChI is InChI=1S/C15H16BrNO2S/c16-13-3-1-2-4-15(13)20(19)10-14(18)12-7-5-11(9-17)6-8-12/h1-8,14,18H,9-10,17H2. The minimum absolute atomic E-state index is 0.171. The van der Waals surface area contributed by atoms with E-state index in [1.54, 1.807) is 6.07 Å². The van der Waals surface area contributed by atoms with Crippen LogP contribution in [0.5, 0.6) is 0 Å².